The van der Waals surface area contributed by atoms with Crippen LogP contribution in [0.15, 0.2) is 131 Å². The molecule has 0 bridgehead atoms. The Hall–Kier alpha value is -9.58. The summed E-state index contributed by atoms with van der Waals surface area (Å²) >= 11 is 2.04. The highest BCUT2D eigenvalue weighted by Gasteiger charge is 2.31. The summed E-state index contributed by atoms with van der Waals surface area (Å²) in [5.74, 6) is -5.38. The highest BCUT2D eigenvalue weighted by Crippen LogP contribution is 2.44. The Bertz CT molecular complexity index is 4130. The number of amides is 2. The molecule has 0 atom stereocenters. The fourth-order valence-electron chi connectivity index (χ4n) is 8.43. The standard InChI is InChI=1S/C57H53F2N15O11S5/c1-7-73(8-2)37-17-19-43(69-71-53-41(29-60)49(89(80,81)82)47(87-53)27-39(31(5)76)51(78)62-35-15-11-13-33(58)23-35)45(25-37)64-55-66-56(68-57(67-55)86-22-21-75)65-46-26-38(74(9-3)10-4)18-20-44(46)70-72-54-42(30-61)50(90(83,84)85)48(88-54)28-40(32(6)77)52(79)63-36-16-12-14-34(59)24-36/h11-20,23-28,75H,7-10,21-22H2,1-6H3,(H,62,78)(H,63,79)(H,80,81,82)(H,83,84,85)(H2,64,65,66,67,68)/b39-27-,40-28+,71-69+,72-70+. The van der Waals surface area contributed by atoms with E-state index in [1.807, 2.05) is 37.5 Å². The monoisotopic (exact) mass is 1320 g/mol. The fourth-order valence-corrected chi connectivity index (χ4v) is 13.3. The number of Topliss-reactive ketones (excluding diaryl/α,β-unsaturated/α-hetero) is 2. The van der Waals surface area contributed by atoms with Crippen LogP contribution < -0.4 is 31.1 Å². The predicted molar refractivity (Wildman–Crippen MR) is 338 cm³/mol. The number of ketones is 2. The van der Waals surface area contributed by atoms with Gasteiger partial charge in [0.2, 0.25) is 11.9 Å². The molecule has 0 aliphatic carbocycles. The lowest BCUT2D eigenvalue weighted by atomic mass is 10.1. The molecule has 7 rings (SSSR count). The third-order valence-corrected chi connectivity index (χ3v) is 17.6. The van der Waals surface area contributed by atoms with Gasteiger partial charge in [0.25, 0.3) is 32.1 Å². The number of thiophene rings is 2. The Morgan fingerprint density at radius 1 is 0.622 bits per heavy atom. The lowest BCUT2D eigenvalue weighted by Crippen LogP contribution is -2.21. The summed E-state index contributed by atoms with van der Waals surface area (Å²) in [6.45, 7) is 11.6. The Morgan fingerprint density at radius 3 is 1.36 bits per heavy atom. The molecule has 0 spiro atoms. The number of thioether (sulfide) groups is 1. The fraction of sp³-hybridized carbons (Fsp3) is 0.211. The van der Waals surface area contributed by atoms with Crippen LogP contribution in [0.5, 0.6) is 0 Å². The highest BCUT2D eigenvalue weighted by atomic mass is 32.2. The molecule has 0 saturated carbocycles. The van der Waals surface area contributed by atoms with Gasteiger partial charge < -0.3 is 36.2 Å². The summed E-state index contributed by atoms with van der Waals surface area (Å²) in [4.78, 5) is 67.4. The van der Waals surface area contributed by atoms with Gasteiger partial charge in [-0.1, -0.05) is 23.9 Å². The van der Waals surface area contributed by atoms with Crippen molar-refractivity contribution in [1.82, 2.24) is 15.0 Å². The average molecular weight is 1320 g/mol. The van der Waals surface area contributed by atoms with Crippen molar-refractivity contribution in [1.29, 1.82) is 10.5 Å². The van der Waals surface area contributed by atoms with Crippen LogP contribution in [0.3, 0.4) is 0 Å². The maximum absolute atomic E-state index is 14.0. The number of halogens is 2. The second-order valence-electron chi connectivity index (χ2n) is 18.5. The van der Waals surface area contributed by atoms with E-state index in [1.165, 1.54) is 24.3 Å². The number of azo groups is 2. The van der Waals surface area contributed by atoms with E-state index in [0.717, 1.165) is 62.0 Å². The van der Waals surface area contributed by atoms with Crippen molar-refractivity contribution in [2.75, 3.05) is 69.6 Å². The van der Waals surface area contributed by atoms with Gasteiger partial charge in [-0.3, -0.25) is 28.3 Å². The van der Waals surface area contributed by atoms with Gasteiger partial charge in [0.1, 0.15) is 56.1 Å². The van der Waals surface area contributed by atoms with Crippen molar-refractivity contribution in [2.24, 2.45) is 20.5 Å². The van der Waals surface area contributed by atoms with Gasteiger partial charge in [-0.2, -0.15) is 42.3 Å². The number of nitrogens with one attached hydrogen (secondary N) is 4. The Morgan fingerprint density at radius 2 is 1.02 bits per heavy atom. The van der Waals surface area contributed by atoms with Gasteiger partial charge in [-0.05, 0) is 126 Å². The molecule has 26 nitrogen and oxygen atoms in total. The molecule has 3 heterocycles. The van der Waals surface area contributed by atoms with Crippen molar-refractivity contribution in [3.8, 4) is 12.1 Å². The number of hydrogen-bond donors (Lipinski definition) is 7. The van der Waals surface area contributed by atoms with Gasteiger partial charge in [0.15, 0.2) is 26.7 Å². The SMILES string of the molecule is CCN(CC)c1ccc(/N=N/c2sc(/C=C(/C(C)=O)C(=O)Nc3cccc(F)c3)c(S(=O)(=O)O)c2C#N)c(Nc2nc(Nc3cc(N(CC)CC)ccc3/N=N/c3sc(/C=C(\C(C)=O)C(=O)Nc4cccc(F)c4)c(S(=O)(=O)O)c3C#N)nc(SCCO)n2)c1. The summed E-state index contributed by atoms with van der Waals surface area (Å²) in [7, 11) is -10.5. The van der Waals surface area contributed by atoms with Crippen LogP contribution in [-0.2, 0) is 39.4 Å². The van der Waals surface area contributed by atoms with Crippen molar-refractivity contribution < 1.29 is 59.0 Å². The third kappa shape index (κ3) is 17.0. The zero-order valence-electron chi connectivity index (χ0n) is 48.3. The van der Waals surface area contributed by atoms with Crippen molar-refractivity contribution >= 4 is 158 Å². The summed E-state index contributed by atoms with van der Waals surface area (Å²) in [5, 5.41) is 58.1. The first-order valence-electron chi connectivity index (χ1n) is 26.7. The Kier molecular flexibility index (Phi) is 22.7. The molecule has 0 saturated heterocycles. The molecule has 7 N–H and O–H groups in total. The Labute approximate surface area is 526 Å². The number of carbonyl (C=O) groups is 4. The second-order valence-corrected chi connectivity index (χ2v) is 24.4. The lowest BCUT2D eigenvalue weighted by Gasteiger charge is -2.22. The van der Waals surface area contributed by atoms with E-state index in [1.54, 1.807) is 48.5 Å². The molecule has 0 aliphatic rings. The summed E-state index contributed by atoms with van der Waals surface area (Å²) in [6.07, 6.45) is 1.70. The third-order valence-electron chi connectivity index (χ3n) is 12.6. The number of aliphatic hydroxyl groups excluding tert-OH is 1. The molecule has 0 unspecified atom stereocenters. The molecule has 0 aliphatic heterocycles. The number of hydrogen-bond acceptors (Lipinski definition) is 25. The largest absolute Gasteiger partial charge is 0.396 e. The maximum atomic E-state index is 14.0. The van der Waals surface area contributed by atoms with Crippen molar-refractivity contribution in [3.63, 3.8) is 0 Å². The zero-order valence-corrected chi connectivity index (χ0v) is 52.4. The van der Waals surface area contributed by atoms with Crippen LogP contribution >= 0.6 is 34.4 Å². The Balaban J connectivity index is 1.32. The summed E-state index contributed by atoms with van der Waals surface area (Å²) in [5.41, 5.74) is -0.892. The number of aliphatic hydroxyl groups is 1. The summed E-state index contributed by atoms with van der Waals surface area (Å²) < 4.78 is 101. The molecule has 4 aromatic carbocycles. The van der Waals surface area contributed by atoms with Crippen LogP contribution in [0.25, 0.3) is 12.2 Å². The zero-order chi connectivity index (χ0) is 65.6. The van der Waals surface area contributed by atoms with Gasteiger partial charge in [0, 0.05) is 54.7 Å². The molecular weight excluding hydrogens is 1270 g/mol. The lowest BCUT2D eigenvalue weighted by molar-refractivity contribution is -0.120. The molecule has 33 heteroatoms. The number of nitriles is 2. The van der Waals surface area contributed by atoms with Crippen molar-refractivity contribution in [3.05, 3.63) is 129 Å². The number of benzene rings is 4. The second kappa shape index (κ2) is 30.1. The topological polar surface area (TPSA) is 388 Å². The maximum Gasteiger partial charge on any atom is 0.297 e. The van der Waals surface area contributed by atoms with Crippen LogP contribution in [-0.4, -0.2) is 108 Å². The quantitative estimate of drug-likeness (QED) is 0.00628. The van der Waals surface area contributed by atoms with Crippen molar-refractivity contribution in [2.45, 2.75) is 56.5 Å². The van der Waals surface area contributed by atoms with E-state index in [9.17, 15) is 69.5 Å². The van der Waals surface area contributed by atoms with Crippen LogP contribution in [0.4, 0.5) is 76.2 Å². The normalized spacial score (nSPS) is 12.0. The molecule has 90 heavy (non-hydrogen) atoms. The molecule has 3 aromatic heterocycles. The minimum absolute atomic E-state index is 0.0330. The first-order chi connectivity index (χ1) is 42.8. The predicted octanol–water partition coefficient (Wildman–Crippen LogP) is 11.8. The van der Waals surface area contributed by atoms with E-state index in [4.69, 9.17) is 0 Å². The van der Waals surface area contributed by atoms with E-state index in [0.29, 0.717) is 60.2 Å². The first kappa shape index (κ1) is 67.9. The van der Waals surface area contributed by atoms with E-state index < -0.39 is 97.1 Å². The van der Waals surface area contributed by atoms with Gasteiger partial charge in [0.05, 0.1) is 38.9 Å². The summed E-state index contributed by atoms with van der Waals surface area (Å²) in [6, 6.07) is 22.8. The van der Waals surface area contributed by atoms with Gasteiger partial charge in [-0.15, -0.1) is 43.1 Å². The minimum atomic E-state index is -5.26. The number of anilines is 8. The van der Waals surface area contributed by atoms with E-state index in [2.05, 4.69) is 56.7 Å². The number of aromatic nitrogens is 3. The van der Waals surface area contributed by atoms with Gasteiger partial charge in [-0.25, -0.2) is 8.78 Å². The first-order valence-corrected chi connectivity index (χ1v) is 32.2. The molecule has 2 amide bonds. The highest BCUT2D eigenvalue weighted by molar-refractivity contribution is 7.99. The van der Waals surface area contributed by atoms with E-state index >= 15 is 0 Å². The van der Waals surface area contributed by atoms with Crippen LogP contribution in [0.1, 0.15) is 62.4 Å². The number of rotatable bonds is 27. The average Bonchev–Trinajstić information content (AvgIpc) is 1.69. The number of carbonyl (C=O) groups excluding carboxylic acids is 4. The van der Waals surface area contributed by atoms with Crippen LogP contribution in [0, 0.1) is 34.3 Å². The molecule has 7 aromatic rings. The molecule has 0 radical (unpaired) electrons. The van der Waals surface area contributed by atoms with Gasteiger partial charge >= 0.3 is 0 Å². The molecule has 466 valence electrons. The minimum Gasteiger partial charge on any atom is -0.396 e. The van der Waals surface area contributed by atoms with E-state index in [-0.39, 0.29) is 73.5 Å². The smallest absolute Gasteiger partial charge is 0.297 e. The van der Waals surface area contributed by atoms with Crippen LogP contribution in [0.2, 0.25) is 0 Å². The number of nitrogens with zero attached hydrogens (tertiary/aromatic N) is 11. The molecule has 0 fully saturated rings. The molecular formula is C57H53F2N15O11S5.